The molecule has 0 aliphatic rings. The van der Waals surface area contributed by atoms with Gasteiger partial charge in [0.15, 0.2) is 5.71 Å². The molecule has 0 saturated heterocycles. The molecule has 2 aromatic rings. The fourth-order valence-electron chi connectivity index (χ4n) is 2.33. The van der Waals surface area contributed by atoms with Crippen molar-refractivity contribution < 1.29 is 14.4 Å². The summed E-state index contributed by atoms with van der Waals surface area (Å²) >= 11 is 0. The molecule has 2 aromatic carbocycles. The minimum Gasteiger partial charge on any atom is -0.352 e. The molecule has 0 spiro atoms. The van der Waals surface area contributed by atoms with Gasteiger partial charge in [0.1, 0.15) is 0 Å². The summed E-state index contributed by atoms with van der Waals surface area (Å²) in [7, 11) is 0. The number of amides is 1. The highest BCUT2D eigenvalue weighted by Gasteiger charge is 2.21. The van der Waals surface area contributed by atoms with Crippen LogP contribution in [0.3, 0.4) is 0 Å². The molecule has 26 heavy (non-hydrogen) atoms. The molecule has 0 bridgehead atoms. The summed E-state index contributed by atoms with van der Waals surface area (Å²) in [6.45, 7) is 1.12. The van der Waals surface area contributed by atoms with Gasteiger partial charge in [0.2, 0.25) is 11.6 Å². The van der Waals surface area contributed by atoms with E-state index >= 15 is 0 Å². The fraction of sp³-hybridized carbons (Fsp3) is 0.200. The molecule has 0 saturated carbocycles. The van der Waals surface area contributed by atoms with Gasteiger partial charge in [-0.05, 0) is 31.5 Å². The van der Waals surface area contributed by atoms with Crippen LogP contribution in [0.2, 0.25) is 0 Å². The van der Waals surface area contributed by atoms with Gasteiger partial charge in [-0.2, -0.15) is 0 Å². The smallest absolute Gasteiger partial charge is 0.251 e. The molecule has 2 rings (SSSR count). The maximum atomic E-state index is 12.3. The zero-order chi connectivity index (χ0) is 18.9. The van der Waals surface area contributed by atoms with Crippen molar-refractivity contribution in [3.8, 4) is 0 Å². The summed E-state index contributed by atoms with van der Waals surface area (Å²) in [5, 5.41) is 10.6. The Morgan fingerprint density at radius 2 is 1.35 bits per heavy atom. The van der Waals surface area contributed by atoms with E-state index in [1.165, 1.54) is 24.3 Å². The van der Waals surface area contributed by atoms with Crippen molar-refractivity contribution in [1.82, 2.24) is 5.32 Å². The average Bonchev–Trinajstić information content (AvgIpc) is 2.70. The summed E-state index contributed by atoms with van der Waals surface area (Å²) in [5.41, 5.74) is 5.69. The summed E-state index contributed by atoms with van der Waals surface area (Å²) in [6, 6.07) is 14.1. The molecule has 0 unspecified atom stereocenters. The first-order valence-electron chi connectivity index (χ1n) is 8.36. The Kier molecular flexibility index (Phi) is 6.93. The molecule has 0 radical (unpaired) electrons. The maximum Gasteiger partial charge on any atom is 0.251 e. The molecule has 1 amide bonds. The number of nitrogens with two attached hydrogens (primary N) is 1. The predicted octanol–water partition coefficient (Wildman–Crippen LogP) is 2.24. The van der Waals surface area contributed by atoms with E-state index in [1.54, 1.807) is 30.3 Å². The molecule has 0 atom stereocenters. The lowest BCUT2D eigenvalue weighted by molar-refractivity contribution is 0.0950. The van der Waals surface area contributed by atoms with Crippen LogP contribution in [-0.2, 0) is 0 Å². The Morgan fingerprint density at radius 1 is 0.808 bits per heavy atom. The van der Waals surface area contributed by atoms with Crippen molar-refractivity contribution >= 4 is 23.2 Å². The van der Waals surface area contributed by atoms with Gasteiger partial charge in [-0.1, -0.05) is 42.5 Å². The highest BCUT2D eigenvalue weighted by atomic mass is 16.2. The molecule has 0 heterocycles. The number of Topliss-reactive ketones (excluding diaryl/α,β-unsaturated/α-hetero) is 2. The zero-order valence-electron chi connectivity index (χ0n) is 14.3. The van der Waals surface area contributed by atoms with Gasteiger partial charge in [0.25, 0.3) is 5.91 Å². The molecule has 6 heteroatoms. The topological polar surface area (TPSA) is 113 Å². The molecule has 0 aliphatic heterocycles. The largest absolute Gasteiger partial charge is 0.352 e. The van der Waals surface area contributed by atoms with Crippen LogP contribution >= 0.6 is 0 Å². The Bertz CT molecular complexity index is 799. The van der Waals surface area contributed by atoms with Crippen LogP contribution in [0.25, 0.3) is 0 Å². The number of carbonyl (C=O) groups is 3. The van der Waals surface area contributed by atoms with Crippen LogP contribution < -0.4 is 11.1 Å². The second-order valence-corrected chi connectivity index (χ2v) is 5.73. The third-order valence-corrected chi connectivity index (χ3v) is 3.82. The van der Waals surface area contributed by atoms with Crippen molar-refractivity contribution in [3.63, 3.8) is 0 Å². The van der Waals surface area contributed by atoms with E-state index in [0.717, 1.165) is 12.8 Å². The van der Waals surface area contributed by atoms with E-state index in [4.69, 9.17) is 11.1 Å². The molecule has 0 aliphatic carbocycles. The molecular weight excluding hydrogens is 330 g/mol. The number of ketones is 2. The number of carbonyl (C=O) groups excluding carboxylic acids is 3. The van der Waals surface area contributed by atoms with Crippen LogP contribution in [0.15, 0.2) is 54.6 Å². The number of hydrogen-bond donors (Lipinski definition) is 3. The number of unbranched alkanes of at least 4 members (excludes halogenated alkanes) is 1. The SMILES string of the molecule is N=C(C(=O)c1ccccc1)C(=O)c1ccc(C(=O)NCCCCN)cc1. The van der Waals surface area contributed by atoms with Crippen molar-refractivity contribution in [2.45, 2.75) is 12.8 Å². The lowest BCUT2D eigenvalue weighted by Crippen LogP contribution is -2.25. The Labute approximate surface area is 151 Å². The lowest BCUT2D eigenvalue weighted by atomic mass is 9.99. The molecule has 4 N–H and O–H groups in total. The number of hydrogen-bond acceptors (Lipinski definition) is 5. The molecular formula is C20H21N3O3. The normalized spacial score (nSPS) is 10.2. The van der Waals surface area contributed by atoms with Gasteiger partial charge in [0.05, 0.1) is 0 Å². The predicted molar refractivity (Wildman–Crippen MR) is 99.9 cm³/mol. The number of nitrogens with one attached hydrogen (secondary N) is 2. The van der Waals surface area contributed by atoms with E-state index in [9.17, 15) is 14.4 Å². The molecule has 6 nitrogen and oxygen atoms in total. The van der Waals surface area contributed by atoms with E-state index in [1.807, 2.05) is 0 Å². The summed E-state index contributed by atoms with van der Waals surface area (Å²) < 4.78 is 0. The first-order chi connectivity index (χ1) is 12.5. The van der Waals surface area contributed by atoms with Gasteiger partial charge < -0.3 is 11.1 Å². The minimum atomic E-state index is -0.672. The summed E-state index contributed by atoms with van der Waals surface area (Å²) in [4.78, 5) is 36.5. The van der Waals surface area contributed by atoms with Gasteiger partial charge in [-0.25, -0.2) is 0 Å². The Hall–Kier alpha value is -3.12. The minimum absolute atomic E-state index is 0.193. The highest BCUT2D eigenvalue weighted by Crippen LogP contribution is 2.09. The van der Waals surface area contributed by atoms with Crippen LogP contribution in [0, 0.1) is 5.41 Å². The summed E-state index contributed by atoms with van der Waals surface area (Å²) in [6.07, 6.45) is 1.64. The van der Waals surface area contributed by atoms with E-state index in [2.05, 4.69) is 5.32 Å². The highest BCUT2D eigenvalue weighted by molar-refractivity contribution is 6.70. The van der Waals surface area contributed by atoms with E-state index in [0.29, 0.717) is 24.2 Å². The Morgan fingerprint density at radius 3 is 1.92 bits per heavy atom. The monoisotopic (exact) mass is 351 g/mol. The second kappa shape index (κ2) is 9.39. The van der Waals surface area contributed by atoms with Gasteiger partial charge >= 0.3 is 0 Å². The van der Waals surface area contributed by atoms with Crippen LogP contribution in [-0.4, -0.2) is 36.3 Å². The first kappa shape index (κ1) is 19.2. The van der Waals surface area contributed by atoms with Gasteiger partial charge in [-0.3, -0.25) is 19.8 Å². The quantitative estimate of drug-likeness (QED) is 0.278. The number of rotatable bonds is 9. The van der Waals surface area contributed by atoms with Crippen LogP contribution in [0.1, 0.15) is 43.9 Å². The van der Waals surface area contributed by atoms with Crippen LogP contribution in [0.4, 0.5) is 0 Å². The average molecular weight is 351 g/mol. The van der Waals surface area contributed by atoms with E-state index < -0.39 is 17.3 Å². The van der Waals surface area contributed by atoms with Crippen molar-refractivity contribution in [2.75, 3.05) is 13.1 Å². The van der Waals surface area contributed by atoms with Crippen molar-refractivity contribution in [1.29, 1.82) is 5.41 Å². The van der Waals surface area contributed by atoms with Gasteiger partial charge in [0, 0.05) is 23.2 Å². The van der Waals surface area contributed by atoms with Crippen LogP contribution in [0.5, 0.6) is 0 Å². The maximum absolute atomic E-state index is 12.3. The van der Waals surface area contributed by atoms with Gasteiger partial charge in [-0.15, -0.1) is 0 Å². The van der Waals surface area contributed by atoms with E-state index in [-0.39, 0.29) is 11.5 Å². The first-order valence-corrected chi connectivity index (χ1v) is 8.36. The zero-order valence-corrected chi connectivity index (χ0v) is 14.3. The molecule has 0 fully saturated rings. The molecule has 0 aromatic heterocycles. The van der Waals surface area contributed by atoms with Crippen molar-refractivity contribution in [3.05, 3.63) is 71.3 Å². The Balaban J connectivity index is 2.01. The fourth-order valence-corrected chi connectivity index (χ4v) is 2.33. The third kappa shape index (κ3) is 4.94. The second-order valence-electron chi connectivity index (χ2n) is 5.73. The third-order valence-electron chi connectivity index (χ3n) is 3.82. The summed E-state index contributed by atoms with van der Waals surface area (Å²) in [5.74, 6) is -1.54. The molecule has 134 valence electrons. The lowest BCUT2D eigenvalue weighted by Gasteiger charge is -2.06. The van der Waals surface area contributed by atoms with Crippen molar-refractivity contribution in [2.24, 2.45) is 5.73 Å². The number of benzene rings is 2. The standard InChI is InChI=1S/C20H21N3O3/c21-12-4-5-13-23-20(26)16-10-8-15(9-11-16)19(25)17(22)18(24)14-6-2-1-3-7-14/h1-3,6-11,22H,4-5,12-13,21H2,(H,23,26).